The van der Waals surface area contributed by atoms with E-state index in [4.69, 9.17) is 22.2 Å². The Morgan fingerprint density at radius 3 is 2.38 bits per heavy atom. The number of halogens is 7. The number of rotatable bonds is 11. The van der Waals surface area contributed by atoms with Crippen LogP contribution in [0.15, 0.2) is 30.5 Å². The highest BCUT2D eigenvalue weighted by molar-refractivity contribution is 7.80. The number of carbonyl (C=O) groups is 4. The first kappa shape index (κ1) is 44.6. The largest absolute Gasteiger partial charge is 0.419 e. The number of nitrogens with one attached hydrogen (secondary N) is 3. The average molecular weight is 870 g/mol. The number of hydrogen-bond acceptors (Lipinski definition) is 11. The van der Waals surface area contributed by atoms with Crippen molar-refractivity contribution in [2.75, 3.05) is 54.9 Å². The molecule has 1 aliphatic carbocycles. The molecular weight excluding hydrogens is 828 g/mol. The molecule has 4 heterocycles. The van der Waals surface area contributed by atoms with Gasteiger partial charge in [-0.05, 0) is 82.4 Å². The molecule has 3 aliphatic heterocycles. The highest BCUT2D eigenvalue weighted by Crippen LogP contribution is 2.40. The molecule has 0 bridgehead atoms. The van der Waals surface area contributed by atoms with Crippen molar-refractivity contribution in [1.82, 2.24) is 25.0 Å². The van der Waals surface area contributed by atoms with Crippen LogP contribution in [0.1, 0.15) is 63.6 Å². The summed E-state index contributed by atoms with van der Waals surface area (Å²) in [4.78, 5) is 59.0. The lowest BCUT2D eigenvalue weighted by molar-refractivity contribution is -0.197. The average Bonchev–Trinajstić information content (AvgIpc) is 3.34. The maximum Gasteiger partial charge on any atom is 0.419 e. The topological polar surface area (TPSA) is 163 Å². The van der Waals surface area contributed by atoms with Crippen molar-refractivity contribution in [1.29, 1.82) is 5.26 Å². The van der Waals surface area contributed by atoms with Gasteiger partial charge in [0, 0.05) is 50.0 Å². The minimum Gasteiger partial charge on any atom is -0.377 e. The number of thiocarbonyl (C=S) groups is 1. The molecule has 2 aromatic rings. The Kier molecular flexibility index (Phi) is 13.0. The number of carbonyl (C=O) groups excluding carboxylic acids is 4. The molecule has 22 heteroatoms. The number of nitriles is 1. The van der Waals surface area contributed by atoms with Crippen LogP contribution in [0.25, 0.3) is 0 Å². The summed E-state index contributed by atoms with van der Waals surface area (Å²) in [5.74, 6) is -3.14. The normalized spacial score (nSPS) is 24.3. The third-order valence-corrected chi connectivity index (χ3v) is 11.5. The number of nitrogens with zero attached hydrogens (tertiary/aromatic N) is 6. The van der Waals surface area contributed by atoms with Gasteiger partial charge in [0.05, 0.1) is 36.7 Å². The molecule has 60 heavy (non-hydrogen) atoms. The van der Waals surface area contributed by atoms with E-state index in [1.165, 1.54) is 12.1 Å². The first-order valence-corrected chi connectivity index (χ1v) is 19.6. The Morgan fingerprint density at radius 1 is 1.03 bits per heavy atom. The van der Waals surface area contributed by atoms with Crippen LogP contribution in [-0.2, 0) is 30.1 Å². The fraction of sp³-hybridized carbons (Fsp3) is 0.553. The quantitative estimate of drug-likeness (QED) is 0.164. The first-order valence-electron chi connectivity index (χ1n) is 19.2. The molecule has 6 rings (SSSR count). The molecule has 4 aliphatic rings. The van der Waals surface area contributed by atoms with Gasteiger partial charge in [-0.1, -0.05) is 0 Å². The van der Waals surface area contributed by atoms with Gasteiger partial charge in [-0.2, -0.15) is 31.6 Å². The van der Waals surface area contributed by atoms with E-state index in [9.17, 15) is 49.9 Å². The summed E-state index contributed by atoms with van der Waals surface area (Å²) >= 11 is 5.64. The number of alkyl halides is 6. The summed E-state index contributed by atoms with van der Waals surface area (Å²) in [7, 11) is 0. The minimum atomic E-state index is -4.89. The zero-order valence-electron chi connectivity index (χ0n) is 32.5. The van der Waals surface area contributed by atoms with Crippen LogP contribution >= 0.6 is 12.2 Å². The van der Waals surface area contributed by atoms with Gasteiger partial charge in [-0.3, -0.25) is 39.2 Å². The van der Waals surface area contributed by atoms with Crippen molar-refractivity contribution in [3.05, 3.63) is 47.5 Å². The maximum atomic E-state index is 14.4. The number of amides is 4. The lowest BCUT2D eigenvalue weighted by Gasteiger charge is -2.42. The molecule has 0 radical (unpaired) electrons. The number of pyridine rings is 1. The minimum absolute atomic E-state index is 0.00674. The van der Waals surface area contributed by atoms with E-state index in [1.54, 1.807) is 23.6 Å². The van der Waals surface area contributed by atoms with Gasteiger partial charge in [-0.15, -0.1) is 0 Å². The lowest BCUT2D eigenvalue weighted by Crippen LogP contribution is -2.60. The summed E-state index contributed by atoms with van der Waals surface area (Å²) in [5.41, 5.74) is -3.43. The molecular formula is C38H42F7N9O5S. The van der Waals surface area contributed by atoms with Crippen LogP contribution in [0.3, 0.4) is 0 Å². The molecule has 3 N–H and O–H groups in total. The number of anilines is 3. The molecule has 2 atom stereocenters. The Balaban J connectivity index is 0.980. The highest BCUT2D eigenvalue weighted by atomic mass is 32.1. The fourth-order valence-electron chi connectivity index (χ4n) is 8.09. The van der Waals surface area contributed by atoms with Gasteiger partial charge >= 0.3 is 12.4 Å². The predicted octanol–water partition coefficient (Wildman–Crippen LogP) is 4.56. The van der Waals surface area contributed by atoms with Crippen molar-refractivity contribution in [3.63, 3.8) is 0 Å². The number of hydrogen-bond donors (Lipinski definition) is 3. The molecule has 0 spiro atoms. The summed E-state index contributed by atoms with van der Waals surface area (Å²) in [6.45, 7) is 2.64. The fourth-order valence-corrected chi connectivity index (χ4v) is 8.66. The summed E-state index contributed by atoms with van der Waals surface area (Å²) in [6.07, 6.45) is -6.47. The zero-order valence-corrected chi connectivity index (χ0v) is 33.3. The van der Waals surface area contributed by atoms with Crippen LogP contribution < -0.4 is 20.9 Å². The molecule has 4 amide bonds. The predicted molar refractivity (Wildman–Crippen MR) is 205 cm³/mol. The number of ether oxygens (including phenoxy) is 1. The van der Waals surface area contributed by atoms with Crippen LogP contribution in [0.5, 0.6) is 0 Å². The molecule has 4 fully saturated rings. The second kappa shape index (κ2) is 17.6. The molecule has 1 aromatic heterocycles. The van der Waals surface area contributed by atoms with Crippen LogP contribution in [0.4, 0.5) is 47.8 Å². The van der Waals surface area contributed by atoms with Crippen LogP contribution in [-0.4, -0.2) is 124 Å². The third kappa shape index (κ3) is 9.96. The van der Waals surface area contributed by atoms with Crippen molar-refractivity contribution >= 4 is 58.0 Å². The lowest BCUT2D eigenvalue weighted by atomic mass is 9.89. The Morgan fingerprint density at radius 2 is 1.73 bits per heavy atom. The van der Waals surface area contributed by atoms with Crippen LogP contribution in [0, 0.1) is 17.1 Å². The van der Waals surface area contributed by atoms with E-state index < -0.39 is 83.8 Å². The number of aromatic nitrogens is 1. The second-order valence-corrected chi connectivity index (χ2v) is 16.0. The van der Waals surface area contributed by atoms with Gasteiger partial charge in [0.15, 0.2) is 10.8 Å². The summed E-state index contributed by atoms with van der Waals surface area (Å²) in [5, 5.41) is 16.5. The zero-order chi connectivity index (χ0) is 43.7. The molecule has 324 valence electrons. The number of piperidine rings is 1. The number of benzene rings is 1. The molecule has 1 saturated carbocycles. The second-order valence-electron chi connectivity index (χ2n) is 15.6. The van der Waals surface area contributed by atoms with Crippen molar-refractivity contribution in [2.24, 2.45) is 0 Å². The van der Waals surface area contributed by atoms with E-state index in [1.807, 2.05) is 0 Å². The van der Waals surface area contributed by atoms with Crippen molar-refractivity contribution in [3.8, 4) is 6.07 Å². The van der Waals surface area contributed by atoms with E-state index >= 15 is 0 Å². The van der Waals surface area contributed by atoms with E-state index in [2.05, 4.69) is 20.9 Å². The molecule has 1 aromatic carbocycles. The Bertz CT molecular complexity index is 2060. The van der Waals surface area contributed by atoms with Crippen molar-refractivity contribution < 1.29 is 54.6 Å². The number of piperazine rings is 1. The van der Waals surface area contributed by atoms with Gasteiger partial charge in [-0.25, -0.2) is 9.37 Å². The highest BCUT2D eigenvalue weighted by Gasteiger charge is 2.53. The summed E-state index contributed by atoms with van der Waals surface area (Å²) in [6, 6.07) is 2.45. The van der Waals surface area contributed by atoms with Crippen LogP contribution in [0.2, 0.25) is 0 Å². The standard InChI is InChI=1S/C38H42F7N9O5S/c1-36(2)34(58)53(25-16-27(37(40,41)42)29(17-46)47-18-25)35(60)54(36)24-3-5-26(6-4-24)59-12-11-51-9-10-52(30(19-51)38(43,44)45)20-32(56)49-23-14-21(39)13-22(15-23)48-28-7-8-31(55)50-33(28)57/h13-16,18,24,26,28,30,48H,3-12,19-20H2,1-2H3,(H,49,56)(H,50,55,57)/t24-,26-,28?,30-/m1/s1. The molecule has 1 unspecified atom stereocenters. The van der Waals surface area contributed by atoms with Crippen molar-refractivity contribution in [2.45, 2.75) is 94.5 Å². The van der Waals surface area contributed by atoms with E-state index in [0.717, 1.165) is 28.1 Å². The van der Waals surface area contributed by atoms with Gasteiger partial charge < -0.3 is 20.3 Å². The monoisotopic (exact) mass is 869 g/mol. The smallest absolute Gasteiger partial charge is 0.377 e. The maximum absolute atomic E-state index is 14.4. The van der Waals surface area contributed by atoms with Gasteiger partial charge in [0.2, 0.25) is 17.7 Å². The molecule has 3 saturated heterocycles. The third-order valence-electron chi connectivity index (χ3n) is 11.1. The molecule has 14 nitrogen and oxygen atoms in total. The van der Waals surface area contributed by atoms with E-state index in [-0.39, 0.29) is 73.4 Å². The summed E-state index contributed by atoms with van der Waals surface area (Å²) < 4.78 is 104. The number of imide groups is 1. The Labute approximate surface area is 345 Å². The SMILES string of the molecule is CC1(C)C(=O)N(c2cnc(C#N)c(C(F)(F)F)c2)C(=S)N1[C@H]1CC[C@H](OCCN2CCN(CC(=O)Nc3cc(F)cc(NC4CCC(=O)NC4=O)c3)[C@@H](C(F)(F)F)C2)CC1. The van der Waals surface area contributed by atoms with Gasteiger partial charge in [0.1, 0.15) is 29.5 Å². The van der Waals surface area contributed by atoms with Gasteiger partial charge in [0.25, 0.3) is 5.91 Å². The van der Waals surface area contributed by atoms with E-state index in [0.29, 0.717) is 31.7 Å². The first-order chi connectivity index (χ1) is 28.1. The Hall–Kier alpha value is -4.98.